The van der Waals surface area contributed by atoms with Crippen LogP contribution >= 0.6 is 0 Å². The van der Waals surface area contributed by atoms with Crippen LogP contribution in [0.4, 0.5) is 0 Å². The van der Waals surface area contributed by atoms with Crippen molar-refractivity contribution in [1.82, 2.24) is 4.90 Å². The molecule has 7 atom stereocenters. The number of ether oxygens (including phenoxy) is 1. The monoisotopic (exact) mass is 417 g/mol. The van der Waals surface area contributed by atoms with E-state index in [-0.39, 0.29) is 12.2 Å². The Morgan fingerprint density at radius 3 is 2.70 bits per heavy atom. The van der Waals surface area contributed by atoms with Crippen LogP contribution in [0.1, 0.15) is 72.1 Å². The molecule has 0 aromatic heterocycles. The highest BCUT2D eigenvalue weighted by Gasteiger charge is 2.50. The van der Waals surface area contributed by atoms with Crippen molar-refractivity contribution in [3.63, 3.8) is 0 Å². The maximum Gasteiger partial charge on any atom is 0.0619 e. The average Bonchev–Trinajstić information content (AvgIpc) is 3.05. The molecule has 0 amide bonds. The van der Waals surface area contributed by atoms with E-state index in [1.165, 1.54) is 44.2 Å². The number of nitrogens with zero attached hydrogens (tertiary/aromatic N) is 1. The van der Waals surface area contributed by atoms with Crippen LogP contribution in [0.2, 0.25) is 0 Å². The number of allylic oxidation sites excluding steroid dienone is 3. The van der Waals surface area contributed by atoms with E-state index in [0.717, 1.165) is 44.4 Å². The molecular weight excluding hydrogens is 374 g/mol. The van der Waals surface area contributed by atoms with Gasteiger partial charge in [0.25, 0.3) is 0 Å². The lowest BCUT2D eigenvalue weighted by atomic mass is 9.61. The van der Waals surface area contributed by atoms with Gasteiger partial charge in [-0.3, -0.25) is 4.90 Å². The minimum Gasteiger partial charge on any atom is -0.393 e. The molecular formula is C26H43NO3. The van der Waals surface area contributed by atoms with Crippen molar-refractivity contribution >= 4 is 0 Å². The molecule has 4 heteroatoms. The zero-order chi connectivity index (χ0) is 21.3. The quantitative estimate of drug-likeness (QED) is 0.715. The molecule has 1 aliphatic heterocycles. The van der Waals surface area contributed by atoms with Gasteiger partial charge >= 0.3 is 0 Å². The molecule has 3 saturated carbocycles. The highest BCUT2D eigenvalue weighted by molar-refractivity contribution is 5.26. The van der Waals surface area contributed by atoms with E-state index in [1.54, 1.807) is 5.57 Å². The summed E-state index contributed by atoms with van der Waals surface area (Å²) in [6.07, 6.45) is 12.4. The minimum atomic E-state index is -0.380. The highest BCUT2D eigenvalue weighted by Crippen LogP contribution is 2.59. The lowest BCUT2D eigenvalue weighted by Crippen LogP contribution is -2.47. The van der Waals surface area contributed by atoms with Gasteiger partial charge in [-0.05, 0) is 81.5 Å². The van der Waals surface area contributed by atoms with Crippen LogP contribution in [0, 0.1) is 23.2 Å². The second-order valence-electron chi connectivity index (χ2n) is 11.0. The van der Waals surface area contributed by atoms with Crippen LogP contribution < -0.4 is 0 Å². The van der Waals surface area contributed by atoms with Crippen LogP contribution in [0.15, 0.2) is 23.3 Å². The Hall–Kier alpha value is -0.680. The molecule has 4 aliphatic rings. The number of rotatable bonds is 4. The van der Waals surface area contributed by atoms with E-state index in [1.807, 2.05) is 0 Å². The first kappa shape index (κ1) is 22.5. The highest BCUT2D eigenvalue weighted by atomic mass is 16.5. The first-order chi connectivity index (χ1) is 14.4. The third-order valence-electron chi connectivity index (χ3n) is 8.83. The predicted octanol–water partition coefficient (Wildman–Crippen LogP) is 4.32. The van der Waals surface area contributed by atoms with Crippen molar-refractivity contribution in [2.75, 3.05) is 26.3 Å². The molecule has 4 rings (SSSR count). The molecule has 30 heavy (non-hydrogen) atoms. The van der Waals surface area contributed by atoms with E-state index < -0.39 is 0 Å². The molecule has 1 saturated heterocycles. The summed E-state index contributed by atoms with van der Waals surface area (Å²) in [5.74, 6) is 2.23. The summed E-state index contributed by atoms with van der Waals surface area (Å²) in [5.41, 5.74) is 3.26. The Morgan fingerprint density at radius 1 is 1.20 bits per heavy atom. The summed E-state index contributed by atoms with van der Waals surface area (Å²) in [4.78, 5) is 2.65. The number of hydrogen-bond donors (Lipinski definition) is 2. The van der Waals surface area contributed by atoms with Crippen molar-refractivity contribution < 1.29 is 14.9 Å². The van der Waals surface area contributed by atoms with Gasteiger partial charge < -0.3 is 14.9 Å². The molecule has 0 aromatic carbocycles. The number of aliphatic hydroxyl groups is 2. The molecule has 3 aliphatic carbocycles. The molecule has 0 spiro atoms. The summed E-state index contributed by atoms with van der Waals surface area (Å²) in [5, 5.41) is 20.0. The van der Waals surface area contributed by atoms with Crippen molar-refractivity contribution in [1.29, 1.82) is 0 Å². The van der Waals surface area contributed by atoms with Crippen LogP contribution in [0.5, 0.6) is 0 Å². The molecule has 0 bridgehead atoms. The van der Waals surface area contributed by atoms with Crippen LogP contribution in [-0.4, -0.2) is 59.7 Å². The van der Waals surface area contributed by atoms with Gasteiger partial charge in [0.1, 0.15) is 0 Å². The third-order valence-corrected chi connectivity index (χ3v) is 8.83. The average molecular weight is 418 g/mol. The number of fused-ring (bicyclic) bond motifs is 1. The van der Waals surface area contributed by atoms with Crippen LogP contribution in [0.3, 0.4) is 0 Å². The van der Waals surface area contributed by atoms with Crippen molar-refractivity contribution in [3.05, 3.63) is 23.3 Å². The second-order valence-corrected chi connectivity index (χ2v) is 11.0. The second kappa shape index (κ2) is 9.44. The van der Waals surface area contributed by atoms with Gasteiger partial charge in [-0.15, -0.1) is 0 Å². The summed E-state index contributed by atoms with van der Waals surface area (Å²) < 4.78 is 5.64. The maximum absolute atomic E-state index is 9.99. The van der Waals surface area contributed by atoms with Gasteiger partial charge in [-0.25, -0.2) is 0 Å². The van der Waals surface area contributed by atoms with E-state index in [2.05, 4.69) is 37.8 Å². The van der Waals surface area contributed by atoms with Gasteiger partial charge in [0.15, 0.2) is 0 Å². The molecule has 4 nitrogen and oxygen atoms in total. The Balaban J connectivity index is 1.45. The fourth-order valence-electron chi connectivity index (χ4n) is 7.27. The standard InChI is InChI=1S/C26H43NO3/c1-18(16-27-11-12-30-17-19(27)2)24-8-9-25-21(5-4-10-26(24,25)3)7-6-20-13-22(28)15-23(29)14-20/h6-7,18-19,22-25,28-29H,4-5,8-17H2,1-3H3/b21-7+/t18-,19+,22-,23-,24-,25+,26-/m1/s1. The van der Waals surface area contributed by atoms with Gasteiger partial charge in [0, 0.05) is 19.1 Å². The van der Waals surface area contributed by atoms with Gasteiger partial charge in [0.2, 0.25) is 0 Å². The van der Waals surface area contributed by atoms with Crippen molar-refractivity contribution in [2.24, 2.45) is 23.2 Å². The zero-order valence-corrected chi connectivity index (χ0v) is 19.4. The molecule has 1 heterocycles. The Kier molecular flexibility index (Phi) is 7.08. The lowest BCUT2D eigenvalue weighted by Gasteiger charge is -2.46. The fourth-order valence-corrected chi connectivity index (χ4v) is 7.27. The molecule has 4 fully saturated rings. The lowest BCUT2D eigenvalue weighted by molar-refractivity contribution is -0.0176. The molecule has 2 N–H and O–H groups in total. The predicted molar refractivity (Wildman–Crippen MR) is 121 cm³/mol. The first-order valence-corrected chi connectivity index (χ1v) is 12.4. The molecule has 170 valence electrons. The SMILES string of the molecule is C[C@H](CN1CCOC[C@@H]1C)[C@H]1CC[C@H]2/C(=C/C=C3C[C@@H](O)C[C@H](O)C3)CCC[C@]12C. The summed E-state index contributed by atoms with van der Waals surface area (Å²) >= 11 is 0. The molecule has 0 radical (unpaired) electrons. The van der Waals surface area contributed by atoms with Gasteiger partial charge in [-0.1, -0.05) is 37.1 Å². The maximum atomic E-state index is 9.99. The number of hydrogen-bond acceptors (Lipinski definition) is 4. The normalized spacial score (nSPS) is 42.9. The largest absolute Gasteiger partial charge is 0.393 e. The minimum absolute atomic E-state index is 0.380. The third kappa shape index (κ3) is 4.72. The smallest absolute Gasteiger partial charge is 0.0619 e. The summed E-state index contributed by atoms with van der Waals surface area (Å²) in [6, 6.07) is 0.542. The molecule has 0 aromatic rings. The van der Waals surface area contributed by atoms with Gasteiger partial charge in [-0.2, -0.15) is 0 Å². The number of morpholine rings is 1. The topological polar surface area (TPSA) is 52.9 Å². The van der Waals surface area contributed by atoms with E-state index in [9.17, 15) is 10.2 Å². The van der Waals surface area contributed by atoms with Crippen LogP contribution in [0.25, 0.3) is 0 Å². The molecule has 0 unspecified atom stereocenters. The van der Waals surface area contributed by atoms with Crippen LogP contribution in [-0.2, 0) is 4.74 Å². The van der Waals surface area contributed by atoms with Crippen molar-refractivity contribution in [3.8, 4) is 0 Å². The van der Waals surface area contributed by atoms with Gasteiger partial charge in [0.05, 0.1) is 25.4 Å². The Labute approximate surface area is 183 Å². The van der Waals surface area contributed by atoms with Crippen molar-refractivity contribution in [2.45, 2.75) is 90.4 Å². The number of aliphatic hydroxyl groups excluding tert-OH is 2. The first-order valence-electron chi connectivity index (χ1n) is 12.4. The fraction of sp³-hybridized carbons (Fsp3) is 0.846. The van der Waals surface area contributed by atoms with E-state index in [4.69, 9.17) is 4.74 Å². The zero-order valence-electron chi connectivity index (χ0n) is 19.4. The Bertz CT molecular complexity index is 647. The summed E-state index contributed by atoms with van der Waals surface area (Å²) in [6.45, 7) is 11.4. The summed E-state index contributed by atoms with van der Waals surface area (Å²) in [7, 11) is 0. The van der Waals surface area contributed by atoms with E-state index in [0.29, 0.717) is 23.8 Å². The Morgan fingerprint density at radius 2 is 1.97 bits per heavy atom. The van der Waals surface area contributed by atoms with E-state index >= 15 is 0 Å².